The quantitative estimate of drug-likeness (QED) is 0.637. The average molecular weight is 307 g/mol. The molecular formula is C15H21N3O4. The SMILES string of the molecule is NCC1CCCCN1C(=O)CCOc1ccccc1[N+](=O)[O-]. The van der Waals surface area contributed by atoms with Gasteiger partial charge in [-0.05, 0) is 25.3 Å². The number of hydrogen-bond acceptors (Lipinski definition) is 5. The van der Waals surface area contributed by atoms with Crippen molar-refractivity contribution in [1.29, 1.82) is 0 Å². The molecule has 1 unspecified atom stereocenters. The molecule has 1 heterocycles. The predicted molar refractivity (Wildman–Crippen MR) is 81.6 cm³/mol. The minimum Gasteiger partial charge on any atom is -0.486 e. The lowest BCUT2D eigenvalue weighted by Gasteiger charge is -2.35. The second-order valence-electron chi connectivity index (χ2n) is 5.30. The summed E-state index contributed by atoms with van der Waals surface area (Å²) in [4.78, 5) is 24.4. The van der Waals surface area contributed by atoms with E-state index in [4.69, 9.17) is 10.5 Å². The lowest BCUT2D eigenvalue weighted by atomic mass is 10.0. The number of rotatable bonds is 6. The van der Waals surface area contributed by atoms with Crippen LogP contribution in [-0.2, 0) is 4.79 Å². The van der Waals surface area contributed by atoms with E-state index >= 15 is 0 Å². The van der Waals surface area contributed by atoms with Crippen molar-refractivity contribution in [2.45, 2.75) is 31.7 Å². The molecule has 7 nitrogen and oxygen atoms in total. The Hall–Kier alpha value is -2.15. The number of piperidine rings is 1. The van der Waals surface area contributed by atoms with Crippen LogP contribution in [-0.4, -0.2) is 41.5 Å². The molecule has 1 aromatic rings. The fourth-order valence-corrected chi connectivity index (χ4v) is 2.70. The Labute approximate surface area is 129 Å². The molecule has 1 aliphatic rings. The van der Waals surface area contributed by atoms with Gasteiger partial charge in [-0.3, -0.25) is 14.9 Å². The number of nitrogens with two attached hydrogens (primary N) is 1. The Bertz CT molecular complexity index is 535. The molecule has 2 N–H and O–H groups in total. The molecule has 120 valence electrons. The Balaban J connectivity index is 1.88. The molecule has 0 bridgehead atoms. The van der Waals surface area contributed by atoms with Crippen LogP contribution in [0.3, 0.4) is 0 Å². The normalized spacial score (nSPS) is 18.0. The Morgan fingerprint density at radius 1 is 1.41 bits per heavy atom. The molecular weight excluding hydrogens is 286 g/mol. The lowest BCUT2D eigenvalue weighted by molar-refractivity contribution is -0.385. The Morgan fingerprint density at radius 3 is 2.91 bits per heavy atom. The fourth-order valence-electron chi connectivity index (χ4n) is 2.70. The van der Waals surface area contributed by atoms with E-state index in [9.17, 15) is 14.9 Å². The maximum absolute atomic E-state index is 12.2. The smallest absolute Gasteiger partial charge is 0.310 e. The highest BCUT2D eigenvalue weighted by atomic mass is 16.6. The second-order valence-corrected chi connectivity index (χ2v) is 5.30. The van der Waals surface area contributed by atoms with Gasteiger partial charge in [0.25, 0.3) is 0 Å². The number of carbonyl (C=O) groups excluding carboxylic acids is 1. The van der Waals surface area contributed by atoms with Crippen molar-refractivity contribution in [3.63, 3.8) is 0 Å². The van der Waals surface area contributed by atoms with Crippen molar-refractivity contribution < 1.29 is 14.5 Å². The van der Waals surface area contributed by atoms with Crippen LogP contribution < -0.4 is 10.5 Å². The molecule has 1 aliphatic heterocycles. The third-order valence-electron chi connectivity index (χ3n) is 3.86. The van der Waals surface area contributed by atoms with Gasteiger partial charge >= 0.3 is 5.69 Å². The van der Waals surface area contributed by atoms with Crippen LogP contribution in [0, 0.1) is 10.1 Å². The molecule has 1 fully saturated rings. The number of nitro benzene ring substituents is 1. The van der Waals surface area contributed by atoms with E-state index in [0.717, 1.165) is 25.8 Å². The van der Waals surface area contributed by atoms with Gasteiger partial charge in [0.2, 0.25) is 5.91 Å². The predicted octanol–water partition coefficient (Wildman–Crippen LogP) is 1.70. The average Bonchev–Trinajstić information content (AvgIpc) is 2.55. The van der Waals surface area contributed by atoms with Gasteiger partial charge in [-0.1, -0.05) is 12.1 Å². The van der Waals surface area contributed by atoms with Crippen LogP contribution >= 0.6 is 0 Å². The largest absolute Gasteiger partial charge is 0.486 e. The van der Waals surface area contributed by atoms with Crippen molar-refractivity contribution in [3.8, 4) is 5.75 Å². The molecule has 1 atom stereocenters. The zero-order chi connectivity index (χ0) is 15.9. The van der Waals surface area contributed by atoms with E-state index < -0.39 is 4.92 Å². The molecule has 0 aliphatic carbocycles. The zero-order valence-electron chi connectivity index (χ0n) is 12.4. The number of likely N-dealkylation sites (tertiary alicyclic amines) is 1. The van der Waals surface area contributed by atoms with Gasteiger partial charge in [0, 0.05) is 25.2 Å². The summed E-state index contributed by atoms with van der Waals surface area (Å²) in [5.74, 6) is 0.183. The fraction of sp³-hybridized carbons (Fsp3) is 0.533. The second kappa shape index (κ2) is 7.74. The van der Waals surface area contributed by atoms with Crippen molar-refractivity contribution in [2.75, 3.05) is 19.7 Å². The van der Waals surface area contributed by atoms with Crippen LogP contribution in [0.2, 0.25) is 0 Å². The van der Waals surface area contributed by atoms with Gasteiger partial charge in [-0.15, -0.1) is 0 Å². The monoisotopic (exact) mass is 307 g/mol. The summed E-state index contributed by atoms with van der Waals surface area (Å²) in [5, 5.41) is 10.9. The standard InChI is InChI=1S/C15H21N3O4/c16-11-12-5-3-4-9-17(12)15(19)8-10-22-14-7-2-1-6-13(14)18(20)21/h1-2,6-7,12H,3-5,8-11,16H2. The highest BCUT2D eigenvalue weighted by Gasteiger charge is 2.25. The molecule has 7 heteroatoms. The topological polar surface area (TPSA) is 98.7 Å². The first-order valence-corrected chi connectivity index (χ1v) is 7.49. The summed E-state index contributed by atoms with van der Waals surface area (Å²) >= 11 is 0. The van der Waals surface area contributed by atoms with E-state index in [1.54, 1.807) is 12.1 Å². The molecule has 1 saturated heterocycles. The first-order chi connectivity index (χ1) is 10.6. The minimum atomic E-state index is -0.494. The maximum atomic E-state index is 12.2. The van der Waals surface area contributed by atoms with Gasteiger partial charge in [0.05, 0.1) is 18.0 Å². The van der Waals surface area contributed by atoms with E-state index in [2.05, 4.69) is 0 Å². The molecule has 2 rings (SSSR count). The molecule has 1 amide bonds. The van der Waals surface area contributed by atoms with Crippen LogP contribution in [0.5, 0.6) is 5.75 Å². The summed E-state index contributed by atoms with van der Waals surface area (Å²) in [6.45, 7) is 1.32. The zero-order valence-corrected chi connectivity index (χ0v) is 12.4. The van der Waals surface area contributed by atoms with Crippen molar-refractivity contribution in [3.05, 3.63) is 34.4 Å². The molecule has 0 radical (unpaired) electrons. The van der Waals surface area contributed by atoms with Crippen molar-refractivity contribution in [2.24, 2.45) is 5.73 Å². The Kier molecular flexibility index (Phi) is 5.71. The van der Waals surface area contributed by atoms with Crippen LogP contribution in [0.4, 0.5) is 5.69 Å². The highest BCUT2D eigenvalue weighted by Crippen LogP contribution is 2.26. The van der Waals surface area contributed by atoms with Gasteiger partial charge in [-0.25, -0.2) is 0 Å². The molecule has 0 aromatic heterocycles. The first-order valence-electron chi connectivity index (χ1n) is 7.49. The van der Waals surface area contributed by atoms with Crippen molar-refractivity contribution in [1.82, 2.24) is 4.90 Å². The highest BCUT2D eigenvalue weighted by molar-refractivity contribution is 5.76. The van der Waals surface area contributed by atoms with E-state index in [1.165, 1.54) is 12.1 Å². The van der Waals surface area contributed by atoms with Crippen LogP contribution in [0.15, 0.2) is 24.3 Å². The van der Waals surface area contributed by atoms with Gasteiger partial charge in [0.1, 0.15) is 0 Å². The summed E-state index contributed by atoms with van der Waals surface area (Å²) in [6.07, 6.45) is 3.22. The van der Waals surface area contributed by atoms with Gasteiger partial charge in [-0.2, -0.15) is 0 Å². The molecule has 22 heavy (non-hydrogen) atoms. The summed E-state index contributed by atoms with van der Waals surface area (Å²) in [6, 6.07) is 6.26. The summed E-state index contributed by atoms with van der Waals surface area (Å²) in [7, 11) is 0. The number of benzene rings is 1. The van der Waals surface area contributed by atoms with Crippen molar-refractivity contribution >= 4 is 11.6 Å². The number of nitro groups is 1. The third-order valence-corrected chi connectivity index (χ3v) is 3.86. The van der Waals surface area contributed by atoms with E-state index in [1.807, 2.05) is 4.90 Å². The number of hydrogen-bond donors (Lipinski definition) is 1. The summed E-state index contributed by atoms with van der Waals surface area (Å²) in [5.41, 5.74) is 5.61. The minimum absolute atomic E-state index is 0.00580. The van der Waals surface area contributed by atoms with Gasteiger partial charge < -0.3 is 15.4 Å². The number of carbonyl (C=O) groups is 1. The maximum Gasteiger partial charge on any atom is 0.310 e. The van der Waals surface area contributed by atoms with Crippen LogP contribution in [0.25, 0.3) is 0 Å². The van der Waals surface area contributed by atoms with E-state index in [0.29, 0.717) is 6.54 Å². The number of para-hydroxylation sites is 2. The number of amides is 1. The van der Waals surface area contributed by atoms with Crippen LogP contribution in [0.1, 0.15) is 25.7 Å². The Morgan fingerprint density at radius 2 is 2.18 bits per heavy atom. The molecule has 1 aromatic carbocycles. The van der Waals surface area contributed by atoms with E-state index in [-0.39, 0.29) is 36.4 Å². The third kappa shape index (κ3) is 3.94. The molecule has 0 spiro atoms. The lowest BCUT2D eigenvalue weighted by Crippen LogP contribution is -2.47. The number of nitrogens with zero attached hydrogens (tertiary/aromatic N) is 2. The number of ether oxygens (including phenoxy) is 1. The van der Waals surface area contributed by atoms with Gasteiger partial charge in [0.15, 0.2) is 5.75 Å². The molecule has 0 saturated carbocycles. The first kappa shape index (κ1) is 16.2. The summed E-state index contributed by atoms with van der Waals surface area (Å²) < 4.78 is 5.41.